The van der Waals surface area contributed by atoms with Crippen LogP contribution in [-0.4, -0.2) is 49.0 Å². The highest BCUT2D eigenvalue weighted by Crippen LogP contribution is 2.16. The van der Waals surface area contributed by atoms with Crippen molar-refractivity contribution in [2.45, 2.75) is 32.5 Å². The van der Waals surface area contributed by atoms with Gasteiger partial charge in [-0.1, -0.05) is 5.21 Å². The Balaban J connectivity index is 1.98. The van der Waals surface area contributed by atoms with E-state index >= 15 is 0 Å². The minimum Gasteiger partial charge on any atom is -0.390 e. The number of hydrogen-bond donors (Lipinski definition) is 2. The van der Waals surface area contributed by atoms with Crippen molar-refractivity contribution in [1.29, 1.82) is 0 Å². The van der Waals surface area contributed by atoms with E-state index in [1.54, 1.807) is 20.0 Å². The van der Waals surface area contributed by atoms with Crippen LogP contribution in [0.15, 0.2) is 6.20 Å². The summed E-state index contributed by atoms with van der Waals surface area (Å²) < 4.78 is 1.48. The molecule has 1 aliphatic heterocycles. The molecule has 8 heteroatoms. The number of carbonyl (C=O) groups is 2. The van der Waals surface area contributed by atoms with Crippen molar-refractivity contribution >= 4 is 11.9 Å². The van der Waals surface area contributed by atoms with Crippen LogP contribution in [0.25, 0.3) is 0 Å². The average molecular weight is 253 g/mol. The third kappa shape index (κ3) is 2.19. The highest BCUT2D eigenvalue weighted by atomic mass is 16.3. The van der Waals surface area contributed by atoms with E-state index in [4.69, 9.17) is 5.11 Å². The summed E-state index contributed by atoms with van der Waals surface area (Å²) in [6.07, 6.45) is 1.57. The summed E-state index contributed by atoms with van der Waals surface area (Å²) in [6.45, 7) is 3.71. The Hall–Kier alpha value is -1.96. The maximum Gasteiger partial charge on any atom is 0.325 e. The maximum absolute atomic E-state index is 11.9. The summed E-state index contributed by atoms with van der Waals surface area (Å²) in [5.74, 6) is -0.255. The molecule has 1 fully saturated rings. The van der Waals surface area contributed by atoms with Gasteiger partial charge in [-0.2, -0.15) is 0 Å². The normalized spacial score (nSPS) is 18.3. The molecule has 18 heavy (non-hydrogen) atoms. The lowest BCUT2D eigenvalue weighted by molar-refractivity contribution is -0.130. The number of nitrogens with zero attached hydrogens (tertiary/aromatic N) is 4. The summed E-state index contributed by atoms with van der Waals surface area (Å²) in [6, 6.07) is -0.396. The molecule has 0 spiro atoms. The average Bonchev–Trinajstić information content (AvgIpc) is 2.82. The molecule has 3 amide bonds. The van der Waals surface area contributed by atoms with Crippen LogP contribution in [0.2, 0.25) is 0 Å². The predicted molar refractivity (Wildman–Crippen MR) is 60.3 cm³/mol. The van der Waals surface area contributed by atoms with Gasteiger partial charge in [0.15, 0.2) is 0 Å². The molecule has 0 radical (unpaired) electrons. The molecule has 1 aromatic heterocycles. The first-order valence-electron chi connectivity index (χ1n) is 5.58. The van der Waals surface area contributed by atoms with E-state index in [2.05, 4.69) is 15.6 Å². The van der Waals surface area contributed by atoms with E-state index in [9.17, 15) is 9.59 Å². The zero-order valence-corrected chi connectivity index (χ0v) is 10.3. The Labute approximate surface area is 104 Å². The molecule has 0 unspecified atom stereocenters. The summed E-state index contributed by atoms with van der Waals surface area (Å²) in [4.78, 5) is 24.6. The van der Waals surface area contributed by atoms with Gasteiger partial charge in [-0.15, -0.1) is 5.10 Å². The second-order valence-electron chi connectivity index (χ2n) is 4.64. The van der Waals surface area contributed by atoms with Crippen molar-refractivity contribution in [3.8, 4) is 0 Å². The minimum atomic E-state index is -0.851. The topological polar surface area (TPSA) is 100 Å². The largest absolute Gasteiger partial charge is 0.390 e. The first-order valence-corrected chi connectivity index (χ1v) is 5.58. The molecule has 98 valence electrons. The number of carbonyl (C=O) groups excluding carboxylic acids is 2. The molecular formula is C10H15N5O3. The van der Waals surface area contributed by atoms with Crippen molar-refractivity contribution in [2.24, 2.45) is 0 Å². The van der Waals surface area contributed by atoms with Crippen LogP contribution in [0, 0.1) is 0 Å². The van der Waals surface area contributed by atoms with Gasteiger partial charge in [0, 0.05) is 0 Å². The summed E-state index contributed by atoms with van der Waals surface area (Å²) in [5.41, 5.74) is -0.400. The molecule has 0 aliphatic carbocycles. The predicted octanol–water partition coefficient (Wildman–Crippen LogP) is -0.899. The molecule has 8 nitrogen and oxygen atoms in total. The van der Waals surface area contributed by atoms with Crippen molar-refractivity contribution in [2.75, 3.05) is 6.54 Å². The number of imide groups is 1. The van der Waals surface area contributed by atoms with Crippen molar-refractivity contribution in [3.05, 3.63) is 11.9 Å². The van der Waals surface area contributed by atoms with Crippen LogP contribution < -0.4 is 5.32 Å². The van der Waals surface area contributed by atoms with Crippen LogP contribution in [0.1, 0.15) is 19.5 Å². The van der Waals surface area contributed by atoms with E-state index in [1.165, 1.54) is 4.68 Å². The van der Waals surface area contributed by atoms with Gasteiger partial charge in [0.05, 0.1) is 25.9 Å². The lowest BCUT2D eigenvalue weighted by atomic mass is 10.1. The first kappa shape index (κ1) is 12.5. The first-order chi connectivity index (χ1) is 8.44. The number of hydrogen-bond acceptors (Lipinski definition) is 5. The second kappa shape index (κ2) is 4.37. The lowest BCUT2D eigenvalue weighted by Crippen LogP contribution is -2.40. The standard InChI is InChI=1S/C10H15N5O3/c1-10(2)8(17)15(9(18)11-10)4-3-14-5-7(6-16)12-13-14/h5,16H,3-4,6H2,1-2H3,(H,11,18). The van der Waals surface area contributed by atoms with Gasteiger partial charge in [-0.25, -0.2) is 4.79 Å². The Morgan fingerprint density at radius 3 is 2.61 bits per heavy atom. The Morgan fingerprint density at radius 2 is 2.11 bits per heavy atom. The van der Waals surface area contributed by atoms with Crippen LogP contribution in [-0.2, 0) is 17.9 Å². The molecule has 1 saturated heterocycles. The number of aromatic nitrogens is 3. The van der Waals surface area contributed by atoms with Gasteiger partial charge < -0.3 is 10.4 Å². The minimum absolute atomic E-state index is 0.184. The van der Waals surface area contributed by atoms with Gasteiger partial charge in [-0.05, 0) is 13.8 Å². The summed E-state index contributed by atoms with van der Waals surface area (Å²) in [5, 5.41) is 18.9. The number of nitrogens with one attached hydrogen (secondary N) is 1. The fourth-order valence-corrected chi connectivity index (χ4v) is 1.74. The second-order valence-corrected chi connectivity index (χ2v) is 4.64. The fourth-order valence-electron chi connectivity index (χ4n) is 1.74. The van der Waals surface area contributed by atoms with Gasteiger partial charge in [0.1, 0.15) is 11.2 Å². The number of urea groups is 1. The van der Waals surface area contributed by atoms with Crippen LogP contribution in [0.4, 0.5) is 4.79 Å². The number of rotatable bonds is 4. The van der Waals surface area contributed by atoms with E-state index in [0.29, 0.717) is 12.2 Å². The van der Waals surface area contributed by atoms with Crippen molar-refractivity contribution in [3.63, 3.8) is 0 Å². The van der Waals surface area contributed by atoms with E-state index in [-0.39, 0.29) is 19.1 Å². The molecule has 2 N–H and O–H groups in total. The van der Waals surface area contributed by atoms with Crippen molar-refractivity contribution < 1.29 is 14.7 Å². The van der Waals surface area contributed by atoms with E-state index < -0.39 is 11.6 Å². The summed E-state index contributed by atoms with van der Waals surface area (Å²) >= 11 is 0. The van der Waals surface area contributed by atoms with Gasteiger partial charge in [0.2, 0.25) is 0 Å². The molecule has 0 bridgehead atoms. The van der Waals surface area contributed by atoms with E-state index in [0.717, 1.165) is 4.90 Å². The molecule has 0 atom stereocenters. The fraction of sp³-hybridized carbons (Fsp3) is 0.600. The zero-order valence-electron chi connectivity index (χ0n) is 10.3. The Bertz CT molecular complexity index is 482. The van der Waals surface area contributed by atoms with Gasteiger partial charge >= 0.3 is 6.03 Å². The quantitative estimate of drug-likeness (QED) is 0.677. The maximum atomic E-state index is 11.9. The summed E-state index contributed by atoms with van der Waals surface area (Å²) in [7, 11) is 0. The molecule has 0 saturated carbocycles. The highest BCUT2D eigenvalue weighted by Gasteiger charge is 2.43. The third-order valence-electron chi connectivity index (χ3n) is 2.75. The molecule has 0 aromatic carbocycles. The molecule has 2 rings (SSSR count). The van der Waals surface area contributed by atoms with Gasteiger partial charge in [-0.3, -0.25) is 14.4 Å². The Kier molecular flexibility index (Phi) is 3.04. The van der Waals surface area contributed by atoms with Crippen LogP contribution >= 0.6 is 0 Å². The zero-order chi connectivity index (χ0) is 13.3. The Morgan fingerprint density at radius 1 is 1.39 bits per heavy atom. The lowest BCUT2D eigenvalue weighted by Gasteiger charge is -2.15. The number of amides is 3. The third-order valence-corrected chi connectivity index (χ3v) is 2.75. The molecule has 1 aliphatic rings. The molecule has 1 aromatic rings. The van der Waals surface area contributed by atoms with Crippen LogP contribution in [0.3, 0.4) is 0 Å². The number of aliphatic hydroxyl groups is 1. The SMILES string of the molecule is CC1(C)NC(=O)N(CCn2cc(CO)nn2)C1=O. The monoisotopic (exact) mass is 253 g/mol. The molecular weight excluding hydrogens is 238 g/mol. The van der Waals surface area contributed by atoms with Crippen molar-refractivity contribution in [1.82, 2.24) is 25.2 Å². The van der Waals surface area contributed by atoms with Crippen LogP contribution in [0.5, 0.6) is 0 Å². The smallest absolute Gasteiger partial charge is 0.325 e. The van der Waals surface area contributed by atoms with Gasteiger partial charge in [0.25, 0.3) is 5.91 Å². The highest BCUT2D eigenvalue weighted by molar-refractivity contribution is 6.06. The number of aliphatic hydroxyl groups excluding tert-OH is 1. The molecule has 2 heterocycles. The van der Waals surface area contributed by atoms with E-state index in [1.807, 2.05) is 0 Å².